The van der Waals surface area contributed by atoms with Gasteiger partial charge in [-0.3, -0.25) is 14.4 Å². The van der Waals surface area contributed by atoms with Crippen molar-refractivity contribution < 1.29 is 28.6 Å². The second-order valence-corrected chi connectivity index (χ2v) is 17.0. The van der Waals surface area contributed by atoms with Crippen molar-refractivity contribution in [2.24, 2.45) is 11.8 Å². The van der Waals surface area contributed by atoms with Crippen LogP contribution in [0.5, 0.6) is 0 Å². The fourth-order valence-electron chi connectivity index (χ4n) is 6.93. The molecule has 6 heteroatoms. The Kier molecular flexibility index (Phi) is 38.9. The van der Waals surface area contributed by atoms with Crippen LogP contribution in [-0.4, -0.2) is 37.2 Å². The van der Waals surface area contributed by atoms with E-state index in [9.17, 15) is 14.4 Å². The summed E-state index contributed by atoms with van der Waals surface area (Å²) >= 11 is 0. The predicted octanol–water partition coefficient (Wildman–Crippen LogP) is 14.6. The minimum absolute atomic E-state index is 0.0653. The molecule has 0 bridgehead atoms. The second-order valence-electron chi connectivity index (χ2n) is 17.0. The van der Waals surface area contributed by atoms with Crippen LogP contribution in [0.15, 0.2) is 0 Å². The average molecular weight is 751 g/mol. The van der Waals surface area contributed by atoms with Crippen molar-refractivity contribution in [1.29, 1.82) is 0 Å². The summed E-state index contributed by atoms with van der Waals surface area (Å²) in [6.07, 6.45) is 38.1. The third kappa shape index (κ3) is 41.4. The van der Waals surface area contributed by atoms with E-state index in [-0.39, 0.29) is 31.1 Å². The molecule has 0 N–H and O–H groups in total. The molecule has 0 aliphatic carbocycles. The molecule has 0 aliphatic heterocycles. The van der Waals surface area contributed by atoms with Crippen LogP contribution in [0.25, 0.3) is 0 Å². The summed E-state index contributed by atoms with van der Waals surface area (Å²) in [6.45, 7) is 11.3. The first-order valence-corrected chi connectivity index (χ1v) is 23.2. The van der Waals surface area contributed by atoms with Gasteiger partial charge in [0.05, 0.1) is 0 Å². The lowest BCUT2D eigenvalue weighted by Crippen LogP contribution is -2.30. The molecule has 0 aromatic carbocycles. The van der Waals surface area contributed by atoms with Gasteiger partial charge >= 0.3 is 17.9 Å². The summed E-state index contributed by atoms with van der Waals surface area (Å²) < 4.78 is 16.7. The van der Waals surface area contributed by atoms with E-state index < -0.39 is 6.10 Å². The van der Waals surface area contributed by atoms with Crippen molar-refractivity contribution in [3.05, 3.63) is 0 Å². The minimum atomic E-state index is -0.760. The third-order valence-electron chi connectivity index (χ3n) is 10.5. The van der Waals surface area contributed by atoms with Crippen LogP contribution in [0.3, 0.4) is 0 Å². The highest BCUT2D eigenvalue weighted by atomic mass is 16.6. The molecule has 0 spiro atoms. The minimum Gasteiger partial charge on any atom is -0.462 e. The van der Waals surface area contributed by atoms with Gasteiger partial charge in [-0.2, -0.15) is 0 Å². The van der Waals surface area contributed by atoms with E-state index in [0.29, 0.717) is 19.3 Å². The van der Waals surface area contributed by atoms with Crippen molar-refractivity contribution in [3.8, 4) is 0 Å². The van der Waals surface area contributed by atoms with Gasteiger partial charge < -0.3 is 14.2 Å². The number of unbranched alkanes of at least 4 members (excludes halogenated alkanes) is 26. The Morgan fingerprint density at radius 3 is 0.925 bits per heavy atom. The molecule has 6 nitrogen and oxygen atoms in total. The molecule has 0 radical (unpaired) electrons. The number of rotatable bonds is 41. The average Bonchev–Trinajstić information content (AvgIpc) is 3.12. The summed E-state index contributed by atoms with van der Waals surface area (Å²) in [5.74, 6) is 0.757. The van der Waals surface area contributed by atoms with Gasteiger partial charge in [0.15, 0.2) is 6.10 Å². The number of hydrogen-bond acceptors (Lipinski definition) is 6. The molecule has 0 aliphatic rings. The molecule has 314 valence electrons. The lowest BCUT2D eigenvalue weighted by atomic mass is 10.0. The van der Waals surface area contributed by atoms with Crippen LogP contribution >= 0.6 is 0 Å². The van der Waals surface area contributed by atoms with Gasteiger partial charge in [-0.05, 0) is 31.1 Å². The van der Waals surface area contributed by atoms with Crippen molar-refractivity contribution in [2.75, 3.05) is 13.2 Å². The fourth-order valence-corrected chi connectivity index (χ4v) is 6.93. The van der Waals surface area contributed by atoms with Crippen molar-refractivity contribution in [2.45, 2.75) is 259 Å². The first-order valence-electron chi connectivity index (χ1n) is 23.2. The summed E-state index contributed by atoms with van der Waals surface area (Å²) in [7, 11) is 0. The van der Waals surface area contributed by atoms with Crippen molar-refractivity contribution in [3.63, 3.8) is 0 Å². The second kappa shape index (κ2) is 40.1. The van der Waals surface area contributed by atoms with E-state index in [1.165, 1.54) is 141 Å². The van der Waals surface area contributed by atoms with Gasteiger partial charge in [0.25, 0.3) is 0 Å². The van der Waals surface area contributed by atoms with Crippen LogP contribution in [0, 0.1) is 11.8 Å². The molecule has 53 heavy (non-hydrogen) atoms. The largest absolute Gasteiger partial charge is 0.462 e. The first-order chi connectivity index (χ1) is 25.7. The Labute approximate surface area is 329 Å². The third-order valence-corrected chi connectivity index (χ3v) is 10.5. The number of hydrogen-bond donors (Lipinski definition) is 0. The molecular weight excluding hydrogens is 661 g/mol. The van der Waals surface area contributed by atoms with Gasteiger partial charge in [-0.15, -0.1) is 0 Å². The molecule has 0 rings (SSSR count). The van der Waals surface area contributed by atoms with E-state index in [1.807, 2.05) is 0 Å². The molecule has 0 aromatic heterocycles. The van der Waals surface area contributed by atoms with Crippen LogP contribution < -0.4 is 0 Å². The Balaban J connectivity index is 4.26. The summed E-state index contributed by atoms with van der Waals surface area (Å²) in [6, 6.07) is 0. The highest BCUT2D eigenvalue weighted by Crippen LogP contribution is 2.16. The van der Waals surface area contributed by atoms with E-state index in [4.69, 9.17) is 14.2 Å². The van der Waals surface area contributed by atoms with Crippen LogP contribution in [0.1, 0.15) is 253 Å². The molecule has 0 unspecified atom stereocenters. The van der Waals surface area contributed by atoms with Gasteiger partial charge in [0, 0.05) is 19.3 Å². The van der Waals surface area contributed by atoms with Crippen LogP contribution in [0.2, 0.25) is 0 Å². The summed E-state index contributed by atoms with van der Waals surface area (Å²) in [5.41, 5.74) is 0. The Morgan fingerprint density at radius 2 is 0.623 bits per heavy atom. The zero-order valence-electron chi connectivity index (χ0n) is 36.1. The maximum Gasteiger partial charge on any atom is 0.306 e. The number of ether oxygens (including phenoxy) is 3. The van der Waals surface area contributed by atoms with Crippen molar-refractivity contribution in [1.82, 2.24) is 0 Å². The Hall–Kier alpha value is -1.59. The summed E-state index contributed by atoms with van der Waals surface area (Å²) in [4.78, 5) is 37.6. The smallest absolute Gasteiger partial charge is 0.306 e. The monoisotopic (exact) mass is 751 g/mol. The standard InChI is InChI=1S/C47H90O6/c1-6-7-8-9-10-16-22-27-32-37-45(48)51-40-44(53-47(50)39-34-29-24-19-21-26-31-36-43(4)5)41-52-46(49)38-33-28-23-18-15-13-11-12-14-17-20-25-30-35-42(2)3/h42-44H,6-41H2,1-5H3/t44-/m1/s1. The number of carbonyl (C=O) groups is 3. The van der Waals surface area contributed by atoms with E-state index in [2.05, 4.69) is 34.6 Å². The molecule has 0 heterocycles. The van der Waals surface area contributed by atoms with E-state index in [1.54, 1.807) is 0 Å². The molecule has 1 atom stereocenters. The highest BCUT2D eigenvalue weighted by Gasteiger charge is 2.19. The SMILES string of the molecule is CCCCCCCCCCCC(=O)OC[C@H](COC(=O)CCCCCCCCCCCCCCCC(C)C)OC(=O)CCCCCCCCCC(C)C. The van der Waals surface area contributed by atoms with E-state index >= 15 is 0 Å². The molecule has 0 amide bonds. The van der Waals surface area contributed by atoms with Crippen LogP contribution in [-0.2, 0) is 28.6 Å². The molecule has 0 saturated carbocycles. The molecule has 0 saturated heterocycles. The van der Waals surface area contributed by atoms with Gasteiger partial charge in [0.1, 0.15) is 13.2 Å². The lowest BCUT2D eigenvalue weighted by molar-refractivity contribution is -0.167. The predicted molar refractivity (Wildman–Crippen MR) is 224 cm³/mol. The first kappa shape index (κ1) is 51.4. The zero-order chi connectivity index (χ0) is 39.0. The quantitative estimate of drug-likeness (QED) is 0.0352. The normalized spacial score (nSPS) is 12.1. The Morgan fingerprint density at radius 1 is 0.358 bits per heavy atom. The molecule has 0 fully saturated rings. The zero-order valence-corrected chi connectivity index (χ0v) is 36.1. The highest BCUT2D eigenvalue weighted by molar-refractivity contribution is 5.71. The topological polar surface area (TPSA) is 78.9 Å². The Bertz CT molecular complexity index is 809. The van der Waals surface area contributed by atoms with Crippen LogP contribution in [0.4, 0.5) is 0 Å². The van der Waals surface area contributed by atoms with Gasteiger partial charge in [0.2, 0.25) is 0 Å². The fraction of sp³-hybridized carbons (Fsp3) is 0.936. The summed E-state index contributed by atoms with van der Waals surface area (Å²) in [5, 5.41) is 0. The molecular formula is C47H90O6. The maximum atomic E-state index is 12.7. The van der Waals surface area contributed by atoms with Crippen molar-refractivity contribution >= 4 is 17.9 Å². The van der Waals surface area contributed by atoms with Gasteiger partial charge in [-0.25, -0.2) is 0 Å². The number of carbonyl (C=O) groups excluding carboxylic acids is 3. The van der Waals surface area contributed by atoms with Gasteiger partial charge in [-0.1, -0.05) is 214 Å². The maximum absolute atomic E-state index is 12.7. The number of esters is 3. The molecule has 0 aromatic rings. The lowest BCUT2D eigenvalue weighted by Gasteiger charge is -2.18. The van der Waals surface area contributed by atoms with E-state index in [0.717, 1.165) is 69.6 Å².